The molecule has 6 heteroatoms. The zero-order valence-corrected chi connectivity index (χ0v) is 14.9. The summed E-state index contributed by atoms with van der Waals surface area (Å²) in [5, 5.41) is 3.33. The van der Waals surface area contributed by atoms with Gasteiger partial charge in [-0.15, -0.1) is 11.3 Å². The van der Waals surface area contributed by atoms with Crippen LogP contribution in [0.2, 0.25) is 0 Å². The average Bonchev–Trinajstić information content (AvgIpc) is 2.92. The van der Waals surface area contributed by atoms with Crippen molar-refractivity contribution in [3.63, 3.8) is 0 Å². The Kier molecular flexibility index (Phi) is 8.48. The normalized spacial score (nSPS) is 13.5. The first-order valence-electron chi connectivity index (χ1n) is 7.85. The predicted octanol–water partition coefficient (Wildman–Crippen LogP) is 3.15. The fraction of sp³-hybridized carbons (Fsp3) is 0.733. The third kappa shape index (κ3) is 6.46. The maximum atomic E-state index is 12.3. The van der Waals surface area contributed by atoms with E-state index in [1.54, 1.807) is 6.07 Å². The van der Waals surface area contributed by atoms with Crippen molar-refractivity contribution in [2.45, 2.75) is 63.1 Å². The molecule has 2 N–H and O–H groups in total. The molecule has 0 radical (unpaired) electrons. The minimum atomic E-state index is -3.36. The summed E-state index contributed by atoms with van der Waals surface area (Å²) < 4.78 is 27.9. The van der Waals surface area contributed by atoms with Crippen LogP contribution < -0.4 is 10.0 Å². The summed E-state index contributed by atoms with van der Waals surface area (Å²) in [6.45, 7) is 8.13. The van der Waals surface area contributed by atoms with Gasteiger partial charge in [0.05, 0.1) is 0 Å². The molecule has 0 saturated heterocycles. The van der Waals surface area contributed by atoms with Gasteiger partial charge in [0.25, 0.3) is 0 Å². The second kappa shape index (κ2) is 9.56. The topological polar surface area (TPSA) is 58.2 Å². The fourth-order valence-corrected chi connectivity index (χ4v) is 4.85. The van der Waals surface area contributed by atoms with Gasteiger partial charge in [0.2, 0.25) is 10.0 Å². The van der Waals surface area contributed by atoms with Crippen LogP contribution in [0.15, 0.2) is 16.3 Å². The minimum absolute atomic E-state index is 0.0387. The lowest BCUT2D eigenvalue weighted by atomic mass is 10.1. The van der Waals surface area contributed by atoms with Gasteiger partial charge in [0.15, 0.2) is 0 Å². The predicted molar refractivity (Wildman–Crippen MR) is 90.5 cm³/mol. The number of hydrogen-bond acceptors (Lipinski definition) is 4. The molecule has 1 unspecified atom stereocenters. The largest absolute Gasteiger partial charge is 0.316 e. The average molecular weight is 333 g/mol. The molecule has 21 heavy (non-hydrogen) atoms. The van der Waals surface area contributed by atoms with Gasteiger partial charge in [-0.3, -0.25) is 0 Å². The summed E-state index contributed by atoms with van der Waals surface area (Å²) in [5.41, 5.74) is 0. The van der Waals surface area contributed by atoms with Crippen molar-refractivity contribution in [2.24, 2.45) is 0 Å². The van der Waals surface area contributed by atoms with E-state index in [0.29, 0.717) is 4.21 Å². The third-order valence-corrected chi connectivity index (χ3v) is 6.49. The van der Waals surface area contributed by atoms with E-state index in [1.807, 2.05) is 13.0 Å². The van der Waals surface area contributed by atoms with Crippen LogP contribution in [0.4, 0.5) is 0 Å². The van der Waals surface area contributed by atoms with E-state index in [9.17, 15) is 8.42 Å². The van der Waals surface area contributed by atoms with Gasteiger partial charge in [-0.25, -0.2) is 13.1 Å². The van der Waals surface area contributed by atoms with Crippen molar-refractivity contribution < 1.29 is 8.42 Å². The zero-order valence-electron chi connectivity index (χ0n) is 13.3. The van der Waals surface area contributed by atoms with Crippen molar-refractivity contribution in [3.8, 4) is 0 Å². The van der Waals surface area contributed by atoms with Gasteiger partial charge < -0.3 is 5.32 Å². The van der Waals surface area contributed by atoms with Crippen molar-refractivity contribution in [1.29, 1.82) is 0 Å². The molecule has 1 aromatic rings. The summed E-state index contributed by atoms with van der Waals surface area (Å²) in [5.74, 6) is 0. The molecule has 1 atom stereocenters. The summed E-state index contributed by atoms with van der Waals surface area (Å²) in [6, 6.07) is 3.69. The van der Waals surface area contributed by atoms with Gasteiger partial charge in [-0.2, -0.15) is 0 Å². The molecule has 0 amide bonds. The molecule has 0 aliphatic rings. The Morgan fingerprint density at radius 3 is 2.52 bits per heavy atom. The van der Waals surface area contributed by atoms with Gasteiger partial charge in [0.1, 0.15) is 4.21 Å². The molecule has 0 aromatic carbocycles. The molecule has 1 heterocycles. The molecule has 1 rings (SSSR count). The number of nitrogens with one attached hydrogen (secondary N) is 2. The van der Waals surface area contributed by atoms with Gasteiger partial charge in [-0.1, -0.05) is 27.2 Å². The second-order valence-electron chi connectivity index (χ2n) is 5.24. The van der Waals surface area contributed by atoms with Crippen LogP contribution in [0.3, 0.4) is 0 Å². The number of thiophene rings is 1. The Bertz CT molecular complexity index is 498. The lowest BCUT2D eigenvalue weighted by molar-refractivity contribution is 0.513. The lowest BCUT2D eigenvalue weighted by Gasteiger charge is -2.15. The summed E-state index contributed by atoms with van der Waals surface area (Å²) >= 11 is 1.38. The van der Waals surface area contributed by atoms with E-state index in [4.69, 9.17) is 0 Å². The van der Waals surface area contributed by atoms with Crippen LogP contribution in [-0.4, -0.2) is 27.5 Å². The Balaban J connectivity index is 2.61. The van der Waals surface area contributed by atoms with Crippen molar-refractivity contribution in [3.05, 3.63) is 17.0 Å². The minimum Gasteiger partial charge on any atom is -0.316 e. The monoisotopic (exact) mass is 332 g/mol. The molecular weight excluding hydrogens is 304 g/mol. The Hall–Kier alpha value is -0.430. The molecule has 0 aliphatic carbocycles. The first-order chi connectivity index (χ1) is 10.0. The number of hydrogen-bond donors (Lipinski definition) is 2. The van der Waals surface area contributed by atoms with Crippen LogP contribution in [0.25, 0.3) is 0 Å². The summed E-state index contributed by atoms with van der Waals surface area (Å²) in [6.07, 6.45) is 4.69. The highest BCUT2D eigenvalue weighted by Gasteiger charge is 2.20. The van der Waals surface area contributed by atoms with Gasteiger partial charge in [-0.05, 0) is 50.9 Å². The van der Waals surface area contributed by atoms with E-state index in [1.165, 1.54) is 11.3 Å². The second-order valence-corrected chi connectivity index (χ2v) is 8.35. The van der Waals surface area contributed by atoms with Crippen LogP contribution in [-0.2, 0) is 16.4 Å². The van der Waals surface area contributed by atoms with E-state index in [2.05, 4.69) is 23.9 Å². The molecule has 0 bridgehead atoms. The molecule has 4 nitrogen and oxygen atoms in total. The van der Waals surface area contributed by atoms with Crippen LogP contribution in [0, 0.1) is 0 Å². The van der Waals surface area contributed by atoms with E-state index >= 15 is 0 Å². The maximum Gasteiger partial charge on any atom is 0.250 e. The van der Waals surface area contributed by atoms with Crippen LogP contribution in [0.5, 0.6) is 0 Å². The third-order valence-electron chi connectivity index (χ3n) is 3.33. The molecule has 0 fully saturated rings. The first kappa shape index (κ1) is 18.6. The van der Waals surface area contributed by atoms with Gasteiger partial charge in [0, 0.05) is 10.9 Å². The lowest BCUT2D eigenvalue weighted by Crippen LogP contribution is -2.33. The number of rotatable bonds is 11. The highest BCUT2D eigenvalue weighted by Crippen LogP contribution is 2.22. The summed E-state index contributed by atoms with van der Waals surface area (Å²) in [7, 11) is -3.36. The molecule has 1 aromatic heterocycles. The smallest absolute Gasteiger partial charge is 0.250 e. The fourth-order valence-electron chi connectivity index (χ4n) is 2.12. The molecular formula is C15H28N2O2S2. The molecule has 0 aliphatic heterocycles. The standard InChI is InChI=1S/C15H28N2O2S2/c1-4-7-13(6-3)17-21(18,19)15-9-8-14(20-15)10-12-16-11-5-2/h8-9,13,16-17H,4-7,10-12H2,1-3H3. The van der Waals surface area contributed by atoms with Crippen molar-refractivity contribution in [1.82, 2.24) is 10.0 Å². The Morgan fingerprint density at radius 2 is 1.90 bits per heavy atom. The van der Waals surface area contributed by atoms with E-state index < -0.39 is 10.0 Å². The quantitative estimate of drug-likeness (QED) is 0.612. The Labute approximate surface area is 133 Å². The van der Waals surface area contributed by atoms with Crippen molar-refractivity contribution >= 4 is 21.4 Å². The highest BCUT2D eigenvalue weighted by molar-refractivity contribution is 7.91. The van der Waals surface area contributed by atoms with Crippen molar-refractivity contribution in [2.75, 3.05) is 13.1 Å². The zero-order chi connectivity index (χ0) is 15.7. The van der Waals surface area contributed by atoms with E-state index in [-0.39, 0.29) is 6.04 Å². The van der Waals surface area contributed by atoms with Crippen LogP contribution in [0.1, 0.15) is 51.3 Å². The number of sulfonamides is 1. The summed E-state index contributed by atoms with van der Waals surface area (Å²) in [4.78, 5) is 1.11. The van der Waals surface area contributed by atoms with Crippen LogP contribution >= 0.6 is 11.3 Å². The molecule has 122 valence electrons. The highest BCUT2D eigenvalue weighted by atomic mass is 32.2. The first-order valence-corrected chi connectivity index (χ1v) is 10.1. The maximum absolute atomic E-state index is 12.3. The van der Waals surface area contributed by atoms with Gasteiger partial charge >= 0.3 is 0 Å². The SMILES string of the molecule is CCCNCCc1ccc(S(=O)(=O)NC(CC)CCC)s1. The van der Waals surface area contributed by atoms with E-state index in [0.717, 1.165) is 50.1 Å². The molecule has 0 saturated carbocycles. The molecule has 0 spiro atoms. The Morgan fingerprint density at radius 1 is 1.14 bits per heavy atom.